The van der Waals surface area contributed by atoms with Crippen LogP contribution in [0.2, 0.25) is 0 Å². The van der Waals surface area contributed by atoms with Gasteiger partial charge in [0.15, 0.2) is 5.76 Å². The number of esters is 1. The first-order valence-electron chi connectivity index (χ1n) is 6.89. The minimum Gasteiger partial charge on any atom is -0.469 e. The summed E-state index contributed by atoms with van der Waals surface area (Å²) in [4.78, 5) is 11.6. The van der Waals surface area contributed by atoms with Crippen LogP contribution in [0.5, 0.6) is 0 Å². The number of nitrogens with zero attached hydrogens (tertiary/aromatic N) is 2. The Morgan fingerprint density at radius 1 is 1.43 bits per heavy atom. The molecule has 1 fully saturated rings. The summed E-state index contributed by atoms with van der Waals surface area (Å²) in [5, 5.41) is 3.71. The van der Waals surface area contributed by atoms with Gasteiger partial charge in [0.25, 0.3) is 0 Å². The van der Waals surface area contributed by atoms with Crippen LogP contribution in [0.4, 0.5) is 0 Å². The van der Waals surface area contributed by atoms with E-state index in [2.05, 4.69) is 9.89 Å². The third-order valence-electron chi connectivity index (χ3n) is 3.74. The fourth-order valence-electron chi connectivity index (χ4n) is 2.73. The Bertz CT molecular complexity index is 603. The van der Waals surface area contributed by atoms with Crippen molar-refractivity contribution in [1.29, 1.82) is 0 Å². The predicted molar refractivity (Wildman–Crippen MR) is 74.1 cm³/mol. The van der Waals surface area contributed by atoms with E-state index in [-0.39, 0.29) is 23.1 Å². The molecule has 1 saturated heterocycles. The highest BCUT2D eigenvalue weighted by atomic mass is 32.2. The maximum absolute atomic E-state index is 12.8. The zero-order valence-corrected chi connectivity index (χ0v) is 13.3. The van der Waals surface area contributed by atoms with Crippen LogP contribution in [0.25, 0.3) is 0 Å². The summed E-state index contributed by atoms with van der Waals surface area (Å²) >= 11 is 0. The van der Waals surface area contributed by atoms with Gasteiger partial charge >= 0.3 is 5.97 Å². The van der Waals surface area contributed by atoms with E-state index in [1.165, 1.54) is 11.4 Å². The average Bonchev–Trinajstić information content (AvgIpc) is 2.79. The van der Waals surface area contributed by atoms with Crippen LogP contribution in [0.1, 0.15) is 37.1 Å². The number of methoxy groups -OCH3 is 1. The number of aromatic nitrogens is 1. The molecule has 2 rings (SSSR count). The summed E-state index contributed by atoms with van der Waals surface area (Å²) in [5.41, 5.74) is 0.342. The minimum atomic E-state index is -3.71. The first-order chi connectivity index (χ1) is 9.87. The second kappa shape index (κ2) is 6.15. The molecule has 0 aromatic carbocycles. The molecule has 0 radical (unpaired) electrons. The van der Waals surface area contributed by atoms with Crippen molar-refractivity contribution in [3.8, 4) is 0 Å². The maximum atomic E-state index is 12.8. The van der Waals surface area contributed by atoms with E-state index < -0.39 is 16.0 Å². The fourth-order valence-corrected chi connectivity index (χ4v) is 4.72. The van der Waals surface area contributed by atoms with Gasteiger partial charge in [-0.15, -0.1) is 0 Å². The van der Waals surface area contributed by atoms with Crippen LogP contribution < -0.4 is 0 Å². The van der Waals surface area contributed by atoms with E-state index >= 15 is 0 Å². The van der Waals surface area contributed by atoms with Crippen LogP contribution in [0.15, 0.2) is 9.42 Å². The maximum Gasteiger partial charge on any atom is 0.307 e. The molecule has 1 aromatic rings. The van der Waals surface area contributed by atoms with E-state index in [0.717, 1.165) is 12.8 Å². The molecule has 0 amide bonds. The van der Waals surface area contributed by atoms with E-state index in [1.54, 1.807) is 13.8 Å². The fraction of sp³-hybridized carbons (Fsp3) is 0.692. The summed E-state index contributed by atoms with van der Waals surface area (Å²) in [6.45, 7) is 3.57. The van der Waals surface area contributed by atoms with E-state index in [1.807, 2.05) is 0 Å². The minimum absolute atomic E-state index is 0.0686. The van der Waals surface area contributed by atoms with E-state index in [4.69, 9.17) is 4.52 Å². The molecular weight excluding hydrogens is 296 g/mol. The zero-order chi connectivity index (χ0) is 15.6. The molecule has 0 bridgehead atoms. The highest BCUT2D eigenvalue weighted by Crippen LogP contribution is 2.30. The molecule has 2 heterocycles. The van der Waals surface area contributed by atoms with Crippen LogP contribution >= 0.6 is 0 Å². The molecule has 0 saturated carbocycles. The smallest absolute Gasteiger partial charge is 0.307 e. The van der Waals surface area contributed by atoms with Gasteiger partial charge in [-0.05, 0) is 26.7 Å². The standard InChI is InChI=1S/C13H20N2O5S/c1-9-13(10(2)20-14-9)21(17,18)15-7-5-4-6-11(15)8-12(16)19-3/h11H,4-8H2,1-3H3. The Balaban J connectivity index is 2.34. The molecule has 118 valence electrons. The number of piperidine rings is 1. The largest absolute Gasteiger partial charge is 0.469 e. The van der Waals surface area contributed by atoms with Crippen molar-refractivity contribution in [3.05, 3.63) is 11.5 Å². The second-order valence-corrected chi connectivity index (χ2v) is 7.03. The molecule has 0 spiro atoms. The van der Waals surface area contributed by atoms with E-state index in [0.29, 0.717) is 18.7 Å². The number of sulfonamides is 1. The molecule has 1 aromatic heterocycles. The van der Waals surface area contributed by atoms with Crippen molar-refractivity contribution < 1.29 is 22.5 Å². The summed E-state index contributed by atoms with van der Waals surface area (Å²) in [5.74, 6) is -0.129. The lowest BCUT2D eigenvalue weighted by Gasteiger charge is -2.33. The molecule has 1 unspecified atom stereocenters. The Labute approximate surface area is 124 Å². The number of hydrogen-bond acceptors (Lipinski definition) is 6. The van der Waals surface area contributed by atoms with Gasteiger partial charge in [0.05, 0.1) is 13.5 Å². The lowest BCUT2D eigenvalue weighted by Crippen LogP contribution is -2.45. The van der Waals surface area contributed by atoms with E-state index in [9.17, 15) is 13.2 Å². The van der Waals surface area contributed by atoms with Crippen LogP contribution in [0, 0.1) is 13.8 Å². The molecule has 0 aliphatic carbocycles. The summed E-state index contributed by atoms with van der Waals surface area (Å²) in [6, 6.07) is -0.370. The SMILES string of the molecule is COC(=O)CC1CCCCN1S(=O)(=O)c1c(C)noc1C. The third kappa shape index (κ3) is 3.11. The number of hydrogen-bond donors (Lipinski definition) is 0. The molecule has 0 N–H and O–H groups in total. The van der Waals surface area contributed by atoms with Gasteiger partial charge in [-0.25, -0.2) is 8.42 Å². The Kier molecular flexibility index (Phi) is 4.67. The van der Waals surface area contributed by atoms with Crippen molar-refractivity contribution >= 4 is 16.0 Å². The second-order valence-electron chi connectivity index (χ2n) is 5.20. The molecule has 1 aliphatic heterocycles. The quantitative estimate of drug-likeness (QED) is 0.780. The number of ether oxygens (including phenoxy) is 1. The van der Waals surface area contributed by atoms with Gasteiger partial charge < -0.3 is 9.26 Å². The van der Waals surface area contributed by atoms with Crippen molar-refractivity contribution in [2.24, 2.45) is 0 Å². The Morgan fingerprint density at radius 3 is 2.71 bits per heavy atom. The topological polar surface area (TPSA) is 89.7 Å². The number of rotatable bonds is 4. The van der Waals surface area contributed by atoms with Gasteiger partial charge in [0, 0.05) is 12.6 Å². The van der Waals surface area contributed by atoms with Gasteiger partial charge in [-0.3, -0.25) is 4.79 Å². The lowest BCUT2D eigenvalue weighted by molar-refractivity contribution is -0.141. The molecule has 7 nitrogen and oxygen atoms in total. The Morgan fingerprint density at radius 2 is 2.14 bits per heavy atom. The molecule has 1 aliphatic rings. The van der Waals surface area contributed by atoms with Crippen LogP contribution in [0.3, 0.4) is 0 Å². The van der Waals surface area contributed by atoms with Crippen LogP contribution in [-0.4, -0.2) is 43.5 Å². The zero-order valence-electron chi connectivity index (χ0n) is 12.5. The summed E-state index contributed by atoms with van der Waals surface area (Å²) in [6.07, 6.45) is 2.40. The highest BCUT2D eigenvalue weighted by Gasteiger charge is 2.38. The molecule has 1 atom stereocenters. The van der Waals surface area contributed by atoms with Gasteiger partial charge in [-0.2, -0.15) is 4.31 Å². The Hall–Kier alpha value is -1.41. The number of aryl methyl sites for hydroxylation is 2. The van der Waals surface area contributed by atoms with Crippen molar-refractivity contribution in [2.75, 3.05) is 13.7 Å². The van der Waals surface area contributed by atoms with Gasteiger partial charge in [-0.1, -0.05) is 11.6 Å². The number of carbonyl (C=O) groups excluding carboxylic acids is 1. The monoisotopic (exact) mass is 316 g/mol. The average molecular weight is 316 g/mol. The van der Waals surface area contributed by atoms with Crippen molar-refractivity contribution in [1.82, 2.24) is 9.46 Å². The normalized spacial score (nSPS) is 20.4. The first kappa shape index (κ1) is 16.0. The molecular formula is C13H20N2O5S. The first-order valence-corrected chi connectivity index (χ1v) is 8.33. The molecule has 21 heavy (non-hydrogen) atoms. The van der Waals surface area contributed by atoms with Crippen molar-refractivity contribution in [3.63, 3.8) is 0 Å². The third-order valence-corrected chi connectivity index (χ3v) is 5.93. The van der Waals surface area contributed by atoms with Crippen molar-refractivity contribution in [2.45, 2.75) is 50.5 Å². The lowest BCUT2D eigenvalue weighted by atomic mass is 10.0. The predicted octanol–water partition coefficient (Wildman–Crippen LogP) is 1.40. The summed E-state index contributed by atoms with van der Waals surface area (Å²) < 4.78 is 36.7. The van der Waals surface area contributed by atoms with Crippen LogP contribution in [-0.2, 0) is 19.6 Å². The molecule has 8 heteroatoms. The highest BCUT2D eigenvalue weighted by molar-refractivity contribution is 7.89. The van der Waals surface area contributed by atoms with Gasteiger partial charge in [0.2, 0.25) is 10.0 Å². The summed E-state index contributed by atoms with van der Waals surface area (Å²) in [7, 11) is -2.41. The number of carbonyl (C=O) groups is 1. The van der Waals surface area contributed by atoms with Gasteiger partial charge in [0.1, 0.15) is 10.6 Å².